The molecule has 0 radical (unpaired) electrons. The molecule has 5 nitrogen and oxygen atoms in total. The van der Waals surface area contributed by atoms with Gasteiger partial charge in [-0.2, -0.15) is 8.78 Å². The summed E-state index contributed by atoms with van der Waals surface area (Å²) in [6.45, 7) is 0.407. The fourth-order valence-electron chi connectivity index (χ4n) is 3.12. The van der Waals surface area contributed by atoms with Crippen LogP contribution in [-0.4, -0.2) is 46.4 Å². The van der Waals surface area contributed by atoms with Gasteiger partial charge in [-0.3, -0.25) is 9.59 Å². The smallest absolute Gasteiger partial charge is 0.352 e. The van der Waals surface area contributed by atoms with Gasteiger partial charge in [0.1, 0.15) is 5.60 Å². The number of hydrogen-bond donors (Lipinski definition) is 2. The molecule has 1 heterocycles. The van der Waals surface area contributed by atoms with Gasteiger partial charge in [-0.05, 0) is 36.8 Å². The minimum atomic E-state index is -3.87. The number of hydrogen-bond acceptors (Lipinski definition) is 3. The SMILES string of the molecule is O=C(CNC(=O)C(F)(F)C1(O)CCC1)N1CCc2ccccc2C1. The number of carbonyl (C=O) groups is 2. The van der Waals surface area contributed by atoms with Gasteiger partial charge in [0, 0.05) is 13.1 Å². The van der Waals surface area contributed by atoms with Gasteiger partial charge in [0.25, 0.3) is 5.91 Å². The lowest BCUT2D eigenvalue weighted by atomic mass is 9.75. The number of nitrogens with zero attached hydrogens (tertiary/aromatic N) is 1. The Kier molecular flexibility index (Phi) is 4.29. The molecule has 1 aromatic carbocycles. The summed E-state index contributed by atoms with van der Waals surface area (Å²) < 4.78 is 27.9. The predicted octanol–water partition coefficient (Wildman–Crippen LogP) is 1.24. The standard InChI is InChI=1S/C17H20F2N2O3/c18-17(19,16(24)7-3-8-16)15(23)20-10-14(22)21-9-6-12-4-1-2-5-13(12)11-21/h1-2,4-5,24H,3,6-11H2,(H,20,23). The molecule has 1 aromatic rings. The van der Waals surface area contributed by atoms with Crippen molar-refractivity contribution >= 4 is 11.8 Å². The van der Waals surface area contributed by atoms with Gasteiger partial charge in [0.05, 0.1) is 6.54 Å². The van der Waals surface area contributed by atoms with Gasteiger partial charge >= 0.3 is 5.92 Å². The molecule has 130 valence electrons. The van der Waals surface area contributed by atoms with E-state index in [0.717, 1.165) is 5.56 Å². The quantitative estimate of drug-likeness (QED) is 0.868. The third-order valence-corrected chi connectivity index (χ3v) is 4.93. The second-order valence-electron chi connectivity index (χ2n) is 6.48. The van der Waals surface area contributed by atoms with E-state index in [4.69, 9.17) is 0 Å². The van der Waals surface area contributed by atoms with Crippen LogP contribution in [0.2, 0.25) is 0 Å². The van der Waals surface area contributed by atoms with Gasteiger partial charge in [-0.1, -0.05) is 24.3 Å². The van der Waals surface area contributed by atoms with Crippen molar-refractivity contribution in [1.29, 1.82) is 0 Å². The van der Waals surface area contributed by atoms with Crippen molar-refractivity contribution in [3.8, 4) is 0 Å². The Hall–Kier alpha value is -2.02. The summed E-state index contributed by atoms with van der Waals surface area (Å²) in [5.74, 6) is -5.87. The van der Waals surface area contributed by atoms with Gasteiger partial charge in [0.15, 0.2) is 0 Å². The van der Waals surface area contributed by atoms with Crippen LogP contribution >= 0.6 is 0 Å². The maximum absolute atomic E-state index is 13.9. The van der Waals surface area contributed by atoms with Gasteiger partial charge in [-0.15, -0.1) is 0 Å². The second kappa shape index (κ2) is 6.12. The van der Waals surface area contributed by atoms with Gasteiger partial charge in [0.2, 0.25) is 5.91 Å². The topological polar surface area (TPSA) is 69.6 Å². The van der Waals surface area contributed by atoms with E-state index in [1.165, 1.54) is 5.56 Å². The van der Waals surface area contributed by atoms with Crippen molar-refractivity contribution in [2.45, 2.75) is 43.8 Å². The zero-order valence-electron chi connectivity index (χ0n) is 13.2. The molecule has 3 rings (SSSR count). The van der Waals surface area contributed by atoms with Crippen LogP contribution in [0.5, 0.6) is 0 Å². The van der Waals surface area contributed by atoms with E-state index in [-0.39, 0.29) is 12.8 Å². The zero-order chi connectivity index (χ0) is 17.4. The van der Waals surface area contributed by atoms with E-state index < -0.39 is 29.9 Å². The number of rotatable bonds is 4. The molecule has 0 bridgehead atoms. The molecule has 24 heavy (non-hydrogen) atoms. The summed E-state index contributed by atoms with van der Waals surface area (Å²) in [5, 5.41) is 11.7. The van der Waals surface area contributed by atoms with E-state index in [2.05, 4.69) is 0 Å². The molecule has 0 unspecified atom stereocenters. The number of benzene rings is 1. The van der Waals surface area contributed by atoms with Crippen molar-refractivity contribution < 1.29 is 23.5 Å². The van der Waals surface area contributed by atoms with Gasteiger partial charge in [-0.25, -0.2) is 0 Å². The van der Waals surface area contributed by atoms with E-state index in [1.807, 2.05) is 29.6 Å². The minimum Gasteiger partial charge on any atom is -0.383 e. The normalized spacial score (nSPS) is 19.2. The molecular formula is C17H20F2N2O3. The molecule has 2 aliphatic rings. The molecular weight excluding hydrogens is 318 g/mol. The van der Waals surface area contributed by atoms with E-state index in [9.17, 15) is 23.5 Å². The number of halogens is 2. The lowest BCUT2D eigenvalue weighted by Crippen LogP contribution is -2.61. The molecule has 0 spiro atoms. The minimum absolute atomic E-state index is 0.107. The Morgan fingerprint density at radius 1 is 1.25 bits per heavy atom. The van der Waals surface area contributed by atoms with Crippen molar-refractivity contribution in [2.24, 2.45) is 0 Å². The van der Waals surface area contributed by atoms with Gasteiger partial charge < -0.3 is 15.3 Å². The Labute approximate surface area is 138 Å². The van der Waals surface area contributed by atoms with Crippen molar-refractivity contribution in [1.82, 2.24) is 10.2 Å². The molecule has 1 aliphatic carbocycles. The molecule has 7 heteroatoms. The Bertz CT molecular complexity index is 659. The van der Waals surface area contributed by atoms with E-state index in [1.54, 1.807) is 4.90 Å². The number of aliphatic hydroxyl groups is 1. The fraction of sp³-hybridized carbons (Fsp3) is 0.529. The Morgan fingerprint density at radius 3 is 2.54 bits per heavy atom. The van der Waals surface area contributed by atoms with Crippen LogP contribution in [0.25, 0.3) is 0 Å². The first kappa shape index (κ1) is 16.8. The fourth-order valence-corrected chi connectivity index (χ4v) is 3.12. The summed E-state index contributed by atoms with van der Waals surface area (Å²) in [5.41, 5.74) is -0.0774. The first-order valence-electron chi connectivity index (χ1n) is 8.06. The lowest BCUT2D eigenvalue weighted by Gasteiger charge is -2.41. The molecule has 0 saturated heterocycles. The molecule has 2 amide bonds. The Balaban J connectivity index is 1.55. The maximum Gasteiger partial charge on any atom is 0.352 e. The lowest BCUT2D eigenvalue weighted by molar-refractivity contribution is -0.216. The Morgan fingerprint density at radius 2 is 1.92 bits per heavy atom. The van der Waals surface area contributed by atoms with E-state index in [0.29, 0.717) is 25.9 Å². The highest BCUT2D eigenvalue weighted by Crippen LogP contribution is 2.44. The highest BCUT2D eigenvalue weighted by molar-refractivity contribution is 5.89. The zero-order valence-corrected chi connectivity index (χ0v) is 13.2. The summed E-state index contributed by atoms with van der Waals surface area (Å²) >= 11 is 0. The summed E-state index contributed by atoms with van der Waals surface area (Å²) in [6, 6.07) is 7.74. The monoisotopic (exact) mass is 338 g/mol. The maximum atomic E-state index is 13.9. The summed E-state index contributed by atoms with van der Waals surface area (Å²) in [4.78, 5) is 25.4. The highest BCUT2D eigenvalue weighted by Gasteiger charge is 2.61. The third-order valence-electron chi connectivity index (χ3n) is 4.93. The van der Waals surface area contributed by atoms with Crippen LogP contribution < -0.4 is 5.32 Å². The number of amides is 2. The first-order valence-corrected chi connectivity index (χ1v) is 8.06. The first-order chi connectivity index (χ1) is 11.3. The molecule has 1 aliphatic heterocycles. The second-order valence-corrected chi connectivity index (χ2v) is 6.48. The molecule has 0 atom stereocenters. The van der Waals surface area contributed by atoms with Crippen LogP contribution in [0.1, 0.15) is 30.4 Å². The number of carbonyl (C=O) groups excluding carboxylic acids is 2. The van der Waals surface area contributed by atoms with Crippen LogP contribution in [0.4, 0.5) is 8.78 Å². The van der Waals surface area contributed by atoms with Crippen LogP contribution in [-0.2, 0) is 22.6 Å². The summed E-state index contributed by atoms with van der Waals surface area (Å²) in [6.07, 6.45) is 0.950. The highest BCUT2D eigenvalue weighted by atomic mass is 19.3. The predicted molar refractivity (Wildman–Crippen MR) is 82.3 cm³/mol. The molecule has 2 N–H and O–H groups in total. The molecule has 1 fully saturated rings. The average Bonchev–Trinajstić information content (AvgIpc) is 2.56. The number of fused-ring (bicyclic) bond motifs is 1. The number of nitrogens with one attached hydrogen (secondary N) is 1. The van der Waals surface area contributed by atoms with Crippen LogP contribution in [0.15, 0.2) is 24.3 Å². The molecule has 1 saturated carbocycles. The largest absolute Gasteiger partial charge is 0.383 e. The van der Waals surface area contributed by atoms with E-state index >= 15 is 0 Å². The van der Waals surface area contributed by atoms with Crippen LogP contribution in [0.3, 0.4) is 0 Å². The van der Waals surface area contributed by atoms with Crippen molar-refractivity contribution in [2.75, 3.05) is 13.1 Å². The third kappa shape index (κ3) is 2.88. The van der Waals surface area contributed by atoms with Crippen LogP contribution in [0, 0.1) is 0 Å². The number of alkyl halides is 2. The van der Waals surface area contributed by atoms with Crippen molar-refractivity contribution in [3.05, 3.63) is 35.4 Å². The van der Waals surface area contributed by atoms with Crippen molar-refractivity contribution in [3.63, 3.8) is 0 Å². The average molecular weight is 338 g/mol. The molecule has 0 aromatic heterocycles. The summed E-state index contributed by atoms with van der Waals surface area (Å²) in [7, 11) is 0.